The first-order chi connectivity index (χ1) is 6.73. The summed E-state index contributed by atoms with van der Waals surface area (Å²) >= 11 is 0. The predicted octanol–water partition coefficient (Wildman–Crippen LogP) is -0.231. The van der Waals surface area contributed by atoms with Crippen molar-refractivity contribution < 1.29 is 14.6 Å². The molecule has 0 aromatic carbocycles. The van der Waals surface area contributed by atoms with Gasteiger partial charge in [0.15, 0.2) is 0 Å². The highest BCUT2D eigenvalue weighted by molar-refractivity contribution is 5.75. The zero-order chi connectivity index (χ0) is 10.0. The van der Waals surface area contributed by atoms with Crippen LogP contribution in [0.3, 0.4) is 0 Å². The van der Waals surface area contributed by atoms with Gasteiger partial charge in [-0.2, -0.15) is 0 Å². The number of aliphatic carboxylic acids is 1. The lowest BCUT2D eigenvalue weighted by Crippen LogP contribution is -2.36. The van der Waals surface area contributed by atoms with Gasteiger partial charge < -0.3 is 9.84 Å². The molecule has 0 spiro atoms. The van der Waals surface area contributed by atoms with E-state index in [4.69, 9.17) is 9.84 Å². The van der Waals surface area contributed by atoms with Gasteiger partial charge >= 0.3 is 5.97 Å². The van der Waals surface area contributed by atoms with Crippen molar-refractivity contribution in [3.8, 4) is 0 Å². The number of aromatic nitrogens is 3. The third-order valence-electron chi connectivity index (χ3n) is 2.49. The minimum atomic E-state index is -0.828. The van der Waals surface area contributed by atoms with E-state index in [-0.39, 0.29) is 6.61 Å². The summed E-state index contributed by atoms with van der Waals surface area (Å²) < 4.78 is 6.66. The van der Waals surface area contributed by atoms with Gasteiger partial charge in [-0.05, 0) is 6.42 Å². The monoisotopic (exact) mass is 197 g/mol. The van der Waals surface area contributed by atoms with Crippen LogP contribution in [0, 0.1) is 5.41 Å². The number of carboxylic acid groups (broad SMARTS) is 1. The largest absolute Gasteiger partial charge is 0.481 e. The smallest absolute Gasteiger partial charge is 0.313 e. The van der Waals surface area contributed by atoms with Crippen molar-refractivity contribution in [3.63, 3.8) is 0 Å². The van der Waals surface area contributed by atoms with E-state index in [1.165, 1.54) is 10.9 Å². The van der Waals surface area contributed by atoms with Gasteiger partial charge in [-0.1, -0.05) is 5.21 Å². The maximum atomic E-state index is 11.1. The highest BCUT2D eigenvalue weighted by Gasteiger charge is 2.43. The average molecular weight is 197 g/mol. The van der Waals surface area contributed by atoms with Crippen LogP contribution in [0.25, 0.3) is 0 Å². The van der Waals surface area contributed by atoms with Crippen LogP contribution in [0.4, 0.5) is 0 Å². The number of carbonyl (C=O) groups is 1. The Morgan fingerprint density at radius 2 is 2.57 bits per heavy atom. The second kappa shape index (κ2) is 3.38. The van der Waals surface area contributed by atoms with E-state index in [2.05, 4.69) is 10.3 Å². The van der Waals surface area contributed by atoms with Gasteiger partial charge in [0.05, 0.1) is 19.3 Å². The maximum absolute atomic E-state index is 11.1. The quantitative estimate of drug-likeness (QED) is 0.724. The van der Waals surface area contributed by atoms with Crippen LogP contribution in [-0.2, 0) is 16.1 Å². The van der Waals surface area contributed by atoms with Crippen molar-refractivity contribution in [1.29, 1.82) is 0 Å². The number of rotatable bonds is 3. The second-order valence-electron chi connectivity index (χ2n) is 3.49. The zero-order valence-corrected chi connectivity index (χ0v) is 7.59. The third kappa shape index (κ3) is 1.48. The zero-order valence-electron chi connectivity index (χ0n) is 7.59. The van der Waals surface area contributed by atoms with E-state index in [0.717, 1.165) is 0 Å². The van der Waals surface area contributed by atoms with Gasteiger partial charge in [0.2, 0.25) is 0 Å². The molecule has 14 heavy (non-hydrogen) atoms. The number of hydrogen-bond donors (Lipinski definition) is 1. The topological polar surface area (TPSA) is 77.2 Å². The Labute approximate surface area is 80.5 Å². The van der Waals surface area contributed by atoms with Crippen LogP contribution in [0.5, 0.6) is 0 Å². The normalized spacial score (nSPS) is 26.6. The summed E-state index contributed by atoms with van der Waals surface area (Å²) in [6.07, 6.45) is 3.72. The highest BCUT2D eigenvalue weighted by Crippen LogP contribution is 2.30. The highest BCUT2D eigenvalue weighted by atomic mass is 16.5. The van der Waals surface area contributed by atoms with Crippen LogP contribution in [0.15, 0.2) is 12.4 Å². The van der Waals surface area contributed by atoms with Crippen molar-refractivity contribution in [2.45, 2.75) is 13.0 Å². The molecule has 6 heteroatoms. The average Bonchev–Trinajstić information content (AvgIpc) is 2.76. The fourth-order valence-corrected chi connectivity index (χ4v) is 1.60. The predicted molar refractivity (Wildman–Crippen MR) is 45.5 cm³/mol. The molecule has 1 unspecified atom stereocenters. The van der Waals surface area contributed by atoms with Gasteiger partial charge in [-0.15, -0.1) is 5.10 Å². The SMILES string of the molecule is O=C(O)C1(Cn2ccnn2)CCOC1. The molecule has 0 amide bonds. The number of ether oxygens (including phenoxy) is 1. The van der Waals surface area contributed by atoms with Crippen LogP contribution >= 0.6 is 0 Å². The van der Waals surface area contributed by atoms with E-state index in [0.29, 0.717) is 19.6 Å². The molecule has 1 N–H and O–H groups in total. The number of nitrogens with zero attached hydrogens (tertiary/aromatic N) is 3. The van der Waals surface area contributed by atoms with E-state index < -0.39 is 11.4 Å². The molecule has 1 fully saturated rings. The van der Waals surface area contributed by atoms with Crippen LogP contribution < -0.4 is 0 Å². The Kier molecular flexibility index (Phi) is 2.20. The first-order valence-electron chi connectivity index (χ1n) is 4.38. The van der Waals surface area contributed by atoms with Crippen molar-refractivity contribution in [3.05, 3.63) is 12.4 Å². The number of hydrogen-bond acceptors (Lipinski definition) is 4. The molecule has 76 valence electrons. The van der Waals surface area contributed by atoms with Gasteiger partial charge in [0.25, 0.3) is 0 Å². The summed E-state index contributed by atoms with van der Waals surface area (Å²) in [4.78, 5) is 11.1. The van der Waals surface area contributed by atoms with Gasteiger partial charge in [-0.3, -0.25) is 9.48 Å². The molecule has 0 saturated carbocycles. The van der Waals surface area contributed by atoms with E-state index in [1.807, 2.05) is 0 Å². The Morgan fingerprint density at radius 3 is 3.07 bits per heavy atom. The molecule has 6 nitrogen and oxygen atoms in total. The van der Waals surface area contributed by atoms with Gasteiger partial charge in [-0.25, -0.2) is 0 Å². The number of carboxylic acids is 1. The maximum Gasteiger partial charge on any atom is 0.313 e. The van der Waals surface area contributed by atoms with Gasteiger partial charge in [0, 0.05) is 12.8 Å². The standard InChI is InChI=1S/C8H11N3O3/c12-7(13)8(1-4-14-6-8)5-11-3-2-9-10-11/h2-3H,1,4-6H2,(H,12,13). The van der Waals surface area contributed by atoms with Crippen LogP contribution in [0.1, 0.15) is 6.42 Å². The van der Waals surface area contributed by atoms with Crippen molar-refractivity contribution in [1.82, 2.24) is 15.0 Å². The van der Waals surface area contributed by atoms with E-state index >= 15 is 0 Å². The fraction of sp³-hybridized carbons (Fsp3) is 0.625. The molecule has 0 bridgehead atoms. The molecule has 0 radical (unpaired) electrons. The molecule has 1 aromatic rings. The second-order valence-corrected chi connectivity index (χ2v) is 3.49. The third-order valence-corrected chi connectivity index (χ3v) is 2.49. The van der Waals surface area contributed by atoms with Crippen molar-refractivity contribution in [2.75, 3.05) is 13.2 Å². The van der Waals surface area contributed by atoms with E-state index in [9.17, 15) is 4.79 Å². The summed E-state index contributed by atoms with van der Waals surface area (Å²) in [6.45, 7) is 1.07. The molecule has 1 aliphatic rings. The van der Waals surface area contributed by atoms with Crippen molar-refractivity contribution in [2.24, 2.45) is 5.41 Å². The van der Waals surface area contributed by atoms with Gasteiger partial charge in [0.1, 0.15) is 5.41 Å². The minimum absolute atomic E-state index is 0.252. The first kappa shape index (κ1) is 9.14. The van der Waals surface area contributed by atoms with Crippen molar-refractivity contribution >= 4 is 5.97 Å². The van der Waals surface area contributed by atoms with Crippen LogP contribution in [-0.4, -0.2) is 39.3 Å². The summed E-state index contributed by atoms with van der Waals surface area (Å²) in [5.41, 5.74) is -0.826. The first-order valence-corrected chi connectivity index (χ1v) is 4.38. The lowest BCUT2D eigenvalue weighted by atomic mass is 9.87. The summed E-state index contributed by atoms with van der Waals surface area (Å²) in [5, 5.41) is 16.5. The Bertz CT molecular complexity index is 317. The molecule has 1 aromatic heterocycles. The molecule has 2 rings (SSSR count). The van der Waals surface area contributed by atoms with E-state index in [1.54, 1.807) is 6.20 Å². The molecule has 1 atom stereocenters. The molecule has 1 saturated heterocycles. The lowest BCUT2D eigenvalue weighted by Gasteiger charge is -2.21. The molecule has 0 aliphatic carbocycles. The summed E-state index contributed by atoms with van der Waals surface area (Å²) in [5.74, 6) is -0.828. The fourth-order valence-electron chi connectivity index (χ4n) is 1.60. The Balaban J connectivity index is 2.16. The minimum Gasteiger partial charge on any atom is -0.481 e. The Morgan fingerprint density at radius 1 is 1.71 bits per heavy atom. The summed E-state index contributed by atoms with van der Waals surface area (Å²) in [6, 6.07) is 0. The lowest BCUT2D eigenvalue weighted by molar-refractivity contribution is -0.150. The molecular weight excluding hydrogens is 186 g/mol. The Hall–Kier alpha value is -1.43. The van der Waals surface area contributed by atoms with Crippen LogP contribution in [0.2, 0.25) is 0 Å². The molecular formula is C8H11N3O3. The molecule has 2 heterocycles. The summed E-state index contributed by atoms with van der Waals surface area (Å²) in [7, 11) is 0. The molecule has 1 aliphatic heterocycles.